The molecule has 0 unspecified atom stereocenters. The van der Waals surface area contributed by atoms with Crippen LogP contribution in [0.5, 0.6) is 0 Å². The Labute approximate surface area is 167 Å². The molecule has 0 radical (unpaired) electrons. The molecule has 5 nitrogen and oxygen atoms in total. The third kappa shape index (κ3) is 3.84. The van der Waals surface area contributed by atoms with Gasteiger partial charge in [0.25, 0.3) is 5.91 Å². The molecule has 2 aromatic rings. The number of fused-ring (bicyclic) bond motifs is 1. The molecule has 0 aliphatic carbocycles. The van der Waals surface area contributed by atoms with Gasteiger partial charge in [-0.25, -0.2) is 4.68 Å². The average molecular weight is 406 g/mol. The van der Waals surface area contributed by atoms with Gasteiger partial charge in [-0.1, -0.05) is 37.3 Å². The number of halogens is 3. The zero-order valence-corrected chi connectivity index (χ0v) is 16.3. The van der Waals surface area contributed by atoms with Crippen LogP contribution in [-0.2, 0) is 0 Å². The molecule has 0 saturated carbocycles. The van der Waals surface area contributed by atoms with Crippen LogP contribution in [-0.4, -0.2) is 39.4 Å². The summed E-state index contributed by atoms with van der Waals surface area (Å²) >= 11 is 0. The molecular weight excluding hydrogens is 381 g/mol. The van der Waals surface area contributed by atoms with E-state index >= 15 is 0 Å². The number of carbonyl (C=O) groups is 1. The fourth-order valence-corrected chi connectivity index (χ4v) is 4.42. The zero-order chi connectivity index (χ0) is 20.6. The van der Waals surface area contributed by atoms with Gasteiger partial charge in [0.1, 0.15) is 5.82 Å². The van der Waals surface area contributed by atoms with Crippen molar-refractivity contribution < 1.29 is 18.0 Å². The molecule has 156 valence electrons. The highest BCUT2D eigenvalue weighted by Crippen LogP contribution is 2.43. The third-order valence-electron chi connectivity index (χ3n) is 5.97. The first-order valence-corrected chi connectivity index (χ1v) is 10.2. The number of likely N-dealkylation sites (tertiary alicyclic amines) is 1. The first kappa shape index (κ1) is 19.8. The number of alkyl halides is 3. The van der Waals surface area contributed by atoms with Gasteiger partial charge in [0.2, 0.25) is 0 Å². The molecule has 8 heteroatoms. The van der Waals surface area contributed by atoms with Crippen molar-refractivity contribution in [3.8, 4) is 0 Å². The molecule has 1 saturated heterocycles. The standard InChI is InChI=1S/C21H25F3N4O/c1-2-15-10-6-7-11-27(15)20(29)17-13-19-25-16(14-8-4-3-5-9-14)12-18(21(22,23)24)28(19)26-17/h3-5,8-9,13,15-16,18,25H,2,6-7,10-12H2,1H3/t15-,16+,18-/m1/s1. The van der Waals surface area contributed by atoms with Crippen LogP contribution in [0.1, 0.15) is 67.2 Å². The minimum absolute atomic E-state index is 0.0795. The van der Waals surface area contributed by atoms with Gasteiger partial charge in [-0.05, 0) is 31.2 Å². The molecule has 2 aliphatic rings. The first-order valence-electron chi connectivity index (χ1n) is 10.2. The molecule has 3 heterocycles. The Hall–Kier alpha value is -2.51. The smallest absolute Gasteiger partial charge is 0.363 e. The fourth-order valence-electron chi connectivity index (χ4n) is 4.42. The Balaban J connectivity index is 1.66. The molecule has 3 atom stereocenters. The number of anilines is 1. The van der Waals surface area contributed by atoms with E-state index in [0.717, 1.165) is 35.9 Å². The van der Waals surface area contributed by atoms with Gasteiger partial charge in [0.05, 0.1) is 6.04 Å². The maximum atomic E-state index is 13.8. The lowest BCUT2D eigenvalue weighted by atomic mass is 9.97. The number of nitrogens with zero attached hydrogens (tertiary/aromatic N) is 3. The summed E-state index contributed by atoms with van der Waals surface area (Å²) in [7, 11) is 0. The lowest BCUT2D eigenvalue weighted by Crippen LogP contribution is -2.43. The van der Waals surface area contributed by atoms with Crippen molar-refractivity contribution in [2.24, 2.45) is 0 Å². The summed E-state index contributed by atoms with van der Waals surface area (Å²) in [6, 6.07) is 8.39. The van der Waals surface area contributed by atoms with Crippen molar-refractivity contribution in [1.82, 2.24) is 14.7 Å². The topological polar surface area (TPSA) is 50.2 Å². The van der Waals surface area contributed by atoms with Crippen LogP contribution in [0.15, 0.2) is 36.4 Å². The maximum absolute atomic E-state index is 13.8. The summed E-state index contributed by atoms with van der Waals surface area (Å²) in [5.41, 5.74) is 0.861. The van der Waals surface area contributed by atoms with Crippen LogP contribution in [0, 0.1) is 0 Å². The van der Waals surface area contributed by atoms with Crippen LogP contribution < -0.4 is 5.32 Å². The van der Waals surface area contributed by atoms with E-state index in [2.05, 4.69) is 10.4 Å². The number of rotatable bonds is 3. The molecule has 29 heavy (non-hydrogen) atoms. The van der Waals surface area contributed by atoms with E-state index in [0.29, 0.717) is 6.54 Å². The predicted octanol–water partition coefficient (Wildman–Crippen LogP) is 4.95. The molecule has 1 aromatic carbocycles. The lowest BCUT2D eigenvalue weighted by Gasteiger charge is -2.34. The van der Waals surface area contributed by atoms with Gasteiger partial charge in [-0.2, -0.15) is 18.3 Å². The van der Waals surface area contributed by atoms with Crippen LogP contribution in [0.2, 0.25) is 0 Å². The molecule has 1 N–H and O–H groups in total. The summed E-state index contributed by atoms with van der Waals surface area (Å²) in [6.45, 7) is 2.66. The summed E-state index contributed by atoms with van der Waals surface area (Å²) in [4.78, 5) is 14.8. The highest BCUT2D eigenvalue weighted by molar-refractivity contribution is 5.93. The molecule has 0 bridgehead atoms. The molecule has 1 amide bonds. The molecular formula is C21H25F3N4O. The Morgan fingerprint density at radius 3 is 2.69 bits per heavy atom. The Morgan fingerprint density at radius 2 is 2.00 bits per heavy atom. The third-order valence-corrected chi connectivity index (χ3v) is 5.97. The van der Waals surface area contributed by atoms with Crippen molar-refractivity contribution >= 4 is 11.7 Å². The number of hydrogen-bond acceptors (Lipinski definition) is 3. The SMILES string of the molecule is CC[C@@H]1CCCCN1C(=O)c1cc2n(n1)[C@@H](C(F)(F)F)C[C@@H](c1ccccc1)N2. The summed E-state index contributed by atoms with van der Waals surface area (Å²) < 4.78 is 42.4. The number of piperidine rings is 1. The van der Waals surface area contributed by atoms with E-state index in [1.54, 1.807) is 4.90 Å². The van der Waals surface area contributed by atoms with Gasteiger partial charge < -0.3 is 10.2 Å². The number of aromatic nitrogens is 2. The molecule has 1 aromatic heterocycles. The molecule has 2 aliphatic heterocycles. The van der Waals surface area contributed by atoms with E-state index in [1.807, 2.05) is 37.3 Å². The van der Waals surface area contributed by atoms with Crippen molar-refractivity contribution in [2.45, 2.75) is 63.3 Å². The van der Waals surface area contributed by atoms with E-state index in [-0.39, 0.29) is 29.9 Å². The highest BCUT2D eigenvalue weighted by Gasteiger charge is 2.47. The van der Waals surface area contributed by atoms with Gasteiger partial charge in [-0.15, -0.1) is 0 Å². The monoisotopic (exact) mass is 406 g/mol. The predicted molar refractivity (Wildman–Crippen MR) is 104 cm³/mol. The van der Waals surface area contributed by atoms with E-state index in [1.165, 1.54) is 6.07 Å². The largest absolute Gasteiger partial charge is 0.410 e. The lowest BCUT2D eigenvalue weighted by molar-refractivity contribution is -0.173. The Morgan fingerprint density at radius 1 is 1.24 bits per heavy atom. The number of benzene rings is 1. The van der Waals surface area contributed by atoms with Crippen LogP contribution in [0.3, 0.4) is 0 Å². The van der Waals surface area contributed by atoms with Gasteiger partial charge in [0.15, 0.2) is 11.7 Å². The fraction of sp³-hybridized carbons (Fsp3) is 0.524. The summed E-state index contributed by atoms with van der Waals surface area (Å²) in [5.74, 6) is -0.0433. The average Bonchev–Trinajstić information content (AvgIpc) is 3.16. The van der Waals surface area contributed by atoms with Gasteiger partial charge >= 0.3 is 6.18 Å². The minimum atomic E-state index is -4.45. The second kappa shape index (κ2) is 7.72. The zero-order valence-electron chi connectivity index (χ0n) is 16.3. The van der Waals surface area contributed by atoms with E-state index < -0.39 is 18.3 Å². The van der Waals surface area contributed by atoms with Crippen molar-refractivity contribution in [1.29, 1.82) is 0 Å². The van der Waals surface area contributed by atoms with E-state index in [4.69, 9.17) is 0 Å². The molecule has 1 fully saturated rings. The van der Waals surface area contributed by atoms with Crippen LogP contribution in [0.4, 0.5) is 19.0 Å². The number of amides is 1. The summed E-state index contributed by atoms with van der Waals surface area (Å²) in [5, 5.41) is 7.26. The highest BCUT2D eigenvalue weighted by atomic mass is 19.4. The maximum Gasteiger partial charge on any atom is 0.410 e. The second-order valence-corrected chi connectivity index (χ2v) is 7.82. The second-order valence-electron chi connectivity index (χ2n) is 7.82. The van der Waals surface area contributed by atoms with Crippen LogP contribution >= 0.6 is 0 Å². The number of nitrogens with one attached hydrogen (secondary N) is 1. The molecule has 0 spiro atoms. The number of hydrogen-bond donors (Lipinski definition) is 1. The van der Waals surface area contributed by atoms with Crippen molar-refractivity contribution in [3.05, 3.63) is 47.7 Å². The normalized spacial score (nSPS) is 24.7. The van der Waals surface area contributed by atoms with Crippen molar-refractivity contribution in [3.63, 3.8) is 0 Å². The first-order chi connectivity index (χ1) is 13.9. The number of carbonyl (C=O) groups excluding carboxylic acids is 1. The van der Waals surface area contributed by atoms with Crippen LogP contribution in [0.25, 0.3) is 0 Å². The van der Waals surface area contributed by atoms with Gasteiger partial charge in [-0.3, -0.25) is 4.79 Å². The quantitative estimate of drug-likeness (QED) is 0.785. The Kier molecular flexibility index (Phi) is 5.27. The van der Waals surface area contributed by atoms with Gasteiger partial charge in [0, 0.05) is 25.1 Å². The Bertz CT molecular complexity index is 865. The van der Waals surface area contributed by atoms with E-state index in [9.17, 15) is 18.0 Å². The molecule has 4 rings (SSSR count). The summed E-state index contributed by atoms with van der Waals surface area (Å²) in [6.07, 6.45) is -0.883. The minimum Gasteiger partial charge on any atom is -0.363 e. The van der Waals surface area contributed by atoms with Crippen molar-refractivity contribution in [2.75, 3.05) is 11.9 Å².